The standard InChI is InChI=1S/C24H31N3O4/c1-4-27(20-9-6-12-25-16-20)24(29)19-8-5-7-17(13-19)15-26-23(28)18-10-11-21(30-2)22(14-18)31-3/h5,7-8,10-11,13-14,20,25H,4,6,9,12,15-16H2,1-3H3,(H,26,28). The van der Waals surface area contributed by atoms with Crippen molar-refractivity contribution < 1.29 is 19.1 Å². The van der Waals surface area contributed by atoms with Gasteiger partial charge in [0.25, 0.3) is 11.8 Å². The minimum Gasteiger partial charge on any atom is -0.493 e. The van der Waals surface area contributed by atoms with Crippen LogP contribution in [0.2, 0.25) is 0 Å². The topological polar surface area (TPSA) is 79.9 Å². The molecule has 0 bridgehead atoms. The molecule has 0 radical (unpaired) electrons. The molecular formula is C24H31N3O4. The van der Waals surface area contributed by atoms with Gasteiger partial charge in [0.15, 0.2) is 11.5 Å². The summed E-state index contributed by atoms with van der Waals surface area (Å²) >= 11 is 0. The van der Waals surface area contributed by atoms with Crippen LogP contribution in [-0.2, 0) is 6.54 Å². The Morgan fingerprint density at radius 3 is 2.58 bits per heavy atom. The van der Waals surface area contributed by atoms with E-state index >= 15 is 0 Å². The summed E-state index contributed by atoms with van der Waals surface area (Å²) in [5.41, 5.74) is 2.00. The quantitative estimate of drug-likeness (QED) is 0.680. The first-order valence-electron chi connectivity index (χ1n) is 10.7. The highest BCUT2D eigenvalue weighted by atomic mass is 16.5. The van der Waals surface area contributed by atoms with Crippen molar-refractivity contribution in [2.24, 2.45) is 0 Å². The van der Waals surface area contributed by atoms with Crippen molar-refractivity contribution in [1.29, 1.82) is 0 Å². The number of amides is 2. The van der Waals surface area contributed by atoms with Crippen LogP contribution in [0.4, 0.5) is 0 Å². The molecule has 1 unspecified atom stereocenters. The van der Waals surface area contributed by atoms with E-state index in [9.17, 15) is 9.59 Å². The number of ether oxygens (including phenoxy) is 2. The van der Waals surface area contributed by atoms with Gasteiger partial charge in [-0.15, -0.1) is 0 Å². The maximum atomic E-state index is 13.1. The predicted octanol–water partition coefficient (Wildman–Crippen LogP) is 2.85. The molecule has 7 nitrogen and oxygen atoms in total. The number of piperidine rings is 1. The second kappa shape index (κ2) is 10.8. The van der Waals surface area contributed by atoms with Crippen molar-refractivity contribution in [1.82, 2.24) is 15.5 Å². The molecule has 1 aliphatic rings. The Morgan fingerprint density at radius 1 is 1.10 bits per heavy atom. The molecule has 0 saturated carbocycles. The van der Waals surface area contributed by atoms with Gasteiger partial charge in [0, 0.05) is 36.8 Å². The third kappa shape index (κ3) is 5.55. The highest BCUT2D eigenvalue weighted by Crippen LogP contribution is 2.27. The second-order valence-corrected chi connectivity index (χ2v) is 7.54. The van der Waals surface area contributed by atoms with E-state index in [2.05, 4.69) is 10.6 Å². The van der Waals surface area contributed by atoms with Crippen LogP contribution in [0.3, 0.4) is 0 Å². The zero-order chi connectivity index (χ0) is 22.2. The molecule has 166 valence electrons. The van der Waals surface area contributed by atoms with Crippen LogP contribution in [-0.4, -0.2) is 56.6 Å². The molecule has 2 aromatic rings. The number of likely N-dealkylation sites (N-methyl/N-ethyl adjacent to an activating group) is 1. The molecule has 7 heteroatoms. The minimum absolute atomic E-state index is 0.0317. The number of benzene rings is 2. The molecule has 1 fully saturated rings. The maximum absolute atomic E-state index is 13.1. The number of rotatable bonds is 8. The van der Waals surface area contributed by atoms with Gasteiger partial charge in [-0.1, -0.05) is 12.1 Å². The fraction of sp³-hybridized carbons (Fsp3) is 0.417. The Balaban J connectivity index is 1.66. The molecule has 2 amide bonds. The van der Waals surface area contributed by atoms with Crippen LogP contribution in [0.25, 0.3) is 0 Å². The largest absolute Gasteiger partial charge is 0.493 e. The van der Waals surface area contributed by atoms with Gasteiger partial charge in [0.1, 0.15) is 0 Å². The Kier molecular flexibility index (Phi) is 7.89. The Labute approximate surface area is 183 Å². The predicted molar refractivity (Wildman–Crippen MR) is 120 cm³/mol. The maximum Gasteiger partial charge on any atom is 0.254 e. The van der Waals surface area contributed by atoms with Crippen molar-refractivity contribution in [3.8, 4) is 11.5 Å². The Bertz CT molecular complexity index is 909. The van der Waals surface area contributed by atoms with E-state index in [1.54, 1.807) is 25.3 Å². The first kappa shape index (κ1) is 22.6. The van der Waals surface area contributed by atoms with Crippen molar-refractivity contribution in [2.45, 2.75) is 32.4 Å². The van der Waals surface area contributed by atoms with Gasteiger partial charge >= 0.3 is 0 Å². The molecule has 0 spiro atoms. The van der Waals surface area contributed by atoms with Crippen molar-refractivity contribution in [3.05, 3.63) is 59.2 Å². The van der Waals surface area contributed by atoms with Crippen molar-refractivity contribution in [3.63, 3.8) is 0 Å². The third-order valence-electron chi connectivity index (χ3n) is 5.59. The summed E-state index contributed by atoms with van der Waals surface area (Å²) in [5, 5.41) is 6.28. The highest BCUT2D eigenvalue weighted by molar-refractivity contribution is 5.95. The van der Waals surface area contributed by atoms with E-state index in [0.717, 1.165) is 31.5 Å². The molecular weight excluding hydrogens is 394 g/mol. The fourth-order valence-corrected chi connectivity index (χ4v) is 3.91. The van der Waals surface area contributed by atoms with Crippen LogP contribution >= 0.6 is 0 Å². The number of hydrogen-bond donors (Lipinski definition) is 2. The van der Waals surface area contributed by atoms with Gasteiger partial charge in [0.05, 0.1) is 14.2 Å². The average Bonchev–Trinajstić information content (AvgIpc) is 2.83. The lowest BCUT2D eigenvalue weighted by Gasteiger charge is -2.34. The summed E-state index contributed by atoms with van der Waals surface area (Å²) < 4.78 is 10.5. The van der Waals surface area contributed by atoms with E-state index in [4.69, 9.17) is 9.47 Å². The summed E-state index contributed by atoms with van der Waals surface area (Å²) in [6, 6.07) is 12.7. The van der Waals surface area contributed by atoms with E-state index in [1.165, 1.54) is 7.11 Å². The summed E-state index contributed by atoms with van der Waals surface area (Å²) in [4.78, 5) is 27.6. The van der Waals surface area contributed by atoms with Crippen molar-refractivity contribution in [2.75, 3.05) is 33.9 Å². The summed E-state index contributed by atoms with van der Waals surface area (Å²) in [7, 11) is 3.08. The van der Waals surface area contributed by atoms with Crippen LogP contribution in [0, 0.1) is 0 Å². The van der Waals surface area contributed by atoms with Gasteiger partial charge in [-0.25, -0.2) is 0 Å². The molecule has 3 rings (SSSR count). The zero-order valence-corrected chi connectivity index (χ0v) is 18.4. The van der Waals surface area contributed by atoms with Crippen LogP contribution in [0.15, 0.2) is 42.5 Å². The van der Waals surface area contributed by atoms with E-state index < -0.39 is 0 Å². The number of carbonyl (C=O) groups is 2. The molecule has 1 aliphatic heterocycles. The molecule has 0 aliphatic carbocycles. The number of hydrogen-bond acceptors (Lipinski definition) is 5. The molecule has 1 saturated heterocycles. The van der Waals surface area contributed by atoms with E-state index in [1.807, 2.05) is 36.1 Å². The third-order valence-corrected chi connectivity index (χ3v) is 5.59. The normalized spacial score (nSPS) is 15.8. The lowest BCUT2D eigenvalue weighted by atomic mass is 10.0. The minimum atomic E-state index is -0.221. The molecule has 2 aromatic carbocycles. The molecule has 31 heavy (non-hydrogen) atoms. The smallest absolute Gasteiger partial charge is 0.254 e. The molecule has 0 aromatic heterocycles. The lowest BCUT2D eigenvalue weighted by Crippen LogP contribution is -2.48. The number of nitrogens with zero attached hydrogens (tertiary/aromatic N) is 1. The van der Waals surface area contributed by atoms with E-state index in [0.29, 0.717) is 35.7 Å². The first-order chi connectivity index (χ1) is 15.1. The van der Waals surface area contributed by atoms with Crippen LogP contribution < -0.4 is 20.1 Å². The summed E-state index contributed by atoms with van der Waals surface area (Å²) in [5.74, 6) is 0.879. The first-order valence-corrected chi connectivity index (χ1v) is 10.7. The zero-order valence-electron chi connectivity index (χ0n) is 18.4. The Hall–Kier alpha value is -3.06. The fourth-order valence-electron chi connectivity index (χ4n) is 3.91. The van der Waals surface area contributed by atoms with Gasteiger partial charge in [-0.3, -0.25) is 9.59 Å². The summed E-state index contributed by atoms with van der Waals surface area (Å²) in [6.45, 7) is 4.86. The average molecular weight is 426 g/mol. The number of nitrogens with one attached hydrogen (secondary N) is 2. The monoisotopic (exact) mass is 425 g/mol. The highest BCUT2D eigenvalue weighted by Gasteiger charge is 2.25. The Morgan fingerprint density at radius 2 is 1.90 bits per heavy atom. The van der Waals surface area contributed by atoms with Gasteiger partial charge in [-0.2, -0.15) is 0 Å². The van der Waals surface area contributed by atoms with Crippen LogP contribution in [0.5, 0.6) is 11.5 Å². The number of methoxy groups -OCH3 is 2. The molecule has 1 atom stereocenters. The molecule has 1 heterocycles. The second-order valence-electron chi connectivity index (χ2n) is 7.54. The van der Waals surface area contributed by atoms with Gasteiger partial charge in [-0.05, 0) is 62.2 Å². The number of carbonyl (C=O) groups excluding carboxylic acids is 2. The molecule has 2 N–H and O–H groups in total. The van der Waals surface area contributed by atoms with Gasteiger partial charge in [0.2, 0.25) is 0 Å². The lowest BCUT2D eigenvalue weighted by molar-refractivity contribution is 0.0662. The van der Waals surface area contributed by atoms with Gasteiger partial charge < -0.3 is 25.0 Å². The van der Waals surface area contributed by atoms with E-state index in [-0.39, 0.29) is 17.9 Å². The SMILES string of the molecule is CCN(C(=O)c1cccc(CNC(=O)c2ccc(OC)c(OC)c2)c1)C1CCCNC1. The van der Waals surface area contributed by atoms with Crippen LogP contribution in [0.1, 0.15) is 46.0 Å². The van der Waals surface area contributed by atoms with Crippen molar-refractivity contribution >= 4 is 11.8 Å². The summed E-state index contributed by atoms with van der Waals surface area (Å²) in [6.07, 6.45) is 2.10.